The lowest BCUT2D eigenvalue weighted by Gasteiger charge is -2.35. The number of nitrogens with one attached hydrogen (secondary N) is 3. The van der Waals surface area contributed by atoms with E-state index < -0.39 is 84.3 Å². The summed E-state index contributed by atoms with van der Waals surface area (Å²) in [5.74, 6) is -4.19. The summed E-state index contributed by atoms with van der Waals surface area (Å²) in [6, 6.07) is 2.97. The molecule has 6 unspecified atom stereocenters. The van der Waals surface area contributed by atoms with Gasteiger partial charge in [-0.25, -0.2) is 4.79 Å². The Bertz CT molecular complexity index is 1520. The number of hydrogen-bond acceptors (Lipinski definition) is 8. The zero-order valence-electron chi connectivity index (χ0n) is 37.5. The molecule has 6 amide bonds. The number of benzene rings is 1. The average Bonchev–Trinajstić information content (AvgIpc) is 3.20. The van der Waals surface area contributed by atoms with Crippen LogP contribution in [0.25, 0.3) is 0 Å². The summed E-state index contributed by atoms with van der Waals surface area (Å²) in [5.41, 5.74) is 0.783. The molecule has 1 saturated heterocycles. The Morgan fingerprint density at radius 3 is 1.63 bits per heavy atom. The van der Waals surface area contributed by atoms with Gasteiger partial charge in [-0.15, -0.1) is 0 Å². The molecule has 6 atom stereocenters. The van der Waals surface area contributed by atoms with Crippen molar-refractivity contribution >= 4 is 41.4 Å². The number of unbranched alkanes of at least 4 members (excludes halogenated alkanes) is 6. The summed E-state index contributed by atoms with van der Waals surface area (Å²) in [6.07, 6.45) is 7.97. The largest absolute Gasteiger partial charge is 0.454 e. The van der Waals surface area contributed by atoms with Crippen LogP contribution in [0, 0.1) is 11.8 Å². The predicted molar refractivity (Wildman–Crippen MR) is 229 cm³/mol. The quantitative estimate of drug-likeness (QED) is 0.158. The first-order valence-electron chi connectivity index (χ1n) is 21.8. The van der Waals surface area contributed by atoms with Crippen molar-refractivity contribution in [1.29, 1.82) is 0 Å². The number of esters is 1. The minimum atomic E-state index is -1.12. The van der Waals surface area contributed by atoms with Gasteiger partial charge >= 0.3 is 5.97 Å². The van der Waals surface area contributed by atoms with Crippen LogP contribution in [-0.4, -0.2) is 120 Å². The van der Waals surface area contributed by atoms with Gasteiger partial charge in [0.15, 0.2) is 6.61 Å². The zero-order chi connectivity index (χ0) is 44.2. The van der Waals surface area contributed by atoms with E-state index >= 15 is 0 Å². The SMILES string of the molecule is CCCCCCC1NC(=O)C(Cc2ccccc2)N(C)C(=O)C(CC(C)C)NC(=O)C(CC(C)C)N(C)C(=O)C(CCCCCC)NC(=O)COC(=O)C(C)N(C)C1=O. The maximum absolute atomic E-state index is 14.6. The normalized spacial score (nSPS) is 23.9. The minimum Gasteiger partial charge on any atom is -0.454 e. The number of hydrogen-bond donors (Lipinski definition) is 3. The van der Waals surface area contributed by atoms with Crippen molar-refractivity contribution in [3.8, 4) is 0 Å². The minimum absolute atomic E-state index is 0.0221. The lowest BCUT2D eigenvalue weighted by molar-refractivity contribution is -0.157. The standard InChI is InChI=1S/C45H74N6O8/c1-11-13-15-20-24-34-43(56)50(9)37(27-31(5)6)40(53)48-36(26-30(3)4)44(57)51(10)38(28-33-22-18-17-19-23-33)41(54)47-35(25-21-16-14-12-2)42(55)49(8)32(7)45(58)59-29-39(52)46-34/h17-19,22-23,30-32,34-38H,11-16,20-21,24-29H2,1-10H3,(H,46,52)(H,47,54)(H,48,53). The molecule has 1 heterocycles. The van der Waals surface area contributed by atoms with Crippen LogP contribution >= 0.6 is 0 Å². The van der Waals surface area contributed by atoms with E-state index in [0.717, 1.165) is 44.1 Å². The number of amides is 6. The fraction of sp³-hybridized carbons (Fsp3) is 0.711. The summed E-state index contributed by atoms with van der Waals surface area (Å²) in [7, 11) is 4.49. The van der Waals surface area contributed by atoms with Gasteiger partial charge in [-0.2, -0.15) is 0 Å². The van der Waals surface area contributed by atoms with E-state index in [1.807, 2.05) is 58.0 Å². The summed E-state index contributed by atoms with van der Waals surface area (Å²) < 4.78 is 5.38. The lowest BCUT2D eigenvalue weighted by Crippen LogP contribution is -2.60. The average molecular weight is 827 g/mol. The van der Waals surface area contributed by atoms with E-state index in [1.54, 1.807) is 0 Å². The van der Waals surface area contributed by atoms with Crippen molar-refractivity contribution in [3.05, 3.63) is 35.9 Å². The van der Waals surface area contributed by atoms with Gasteiger partial charge in [-0.1, -0.05) is 123 Å². The van der Waals surface area contributed by atoms with E-state index in [-0.39, 0.29) is 31.1 Å². The Balaban J connectivity index is 2.73. The number of carbonyl (C=O) groups excluding carboxylic acids is 7. The van der Waals surface area contributed by atoms with Crippen molar-refractivity contribution in [1.82, 2.24) is 30.7 Å². The van der Waals surface area contributed by atoms with Gasteiger partial charge in [0.1, 0.15) is 36.3 Å². The first-order valence-corrected chi connectivity index (χ1v) is 21.8. The molecule has 14 heteroatoms. The Kier molecular flexibility index (Phi) is 22.2. The maximum Gasteiger partial charge on any atom is 0.329 e. The molecule has 0 aromatic heterocycles. The van der Waals surface area contributed by atoms with Crippen molar-refractivity contribution in [2.75, 3.05) is 27.7 Å². The Morgan fingerprint density at radius 2 is 1.08 bits per heavy atom. The highest BCUT2D eigenvalue weighted by atomic mass is 16.5. The zero-order valence-corrected chi connectivity index (χ0v) is 37.5. The summed E-state index contributed by atoms with van der Waals surface area (Å²) in [4.78, 5) is 102. The smallest absolute Gasteiger partial charge is 0.329 e. The van der Waals surface area contributed by atoms with Crippen LogP contribution in [0.5, 0.6) is 0 Å². The van der Waals surface area contributed by atoms with Gasteiger partial charge < -0.3 is 35.4 Å². The molecule has 0 bridgehead atoms. The van der Waals surface area contributed by atoms with Gasteiger partial charge in [0.05, 0.1) is 0 Å². The molecule has 3 N–H and O–H groups in total. The van der Waals surface area contributed by atoms with Crippen LogP contribution in [0.4, 0.5) is 0 Å². The number of likely N-dealkylation sites (N-methyl/N-ethyl adjacent to an activating group) is 3. The molecule has 0 spiro atoms. The molecule has 1 aliphatic heterocycles. The third kappa shape index (κ3) is 16.6. The number of ether oxygens (including phenoxy) is 1. The van der Waals surface area contributed by atoms with Crippen molar-refractivity contribution < 1.29 is 38.3 Å². The Morgan fingerprint density at radius 1 is 0.610 bits per heavy atom. The molecule has 332 valence electrons. The van der Waals surface area contributed by atoms with Gasteiger partial charge in [0.25, 0.3) is 5.91 Å². The third-order valence-corrected chi connectivity index (χ3v) is 11.1. The summed E-state index contributed by atoms with van der Waals surface area (Å²) >= 11 is 0. The Hall–Kier alpha value is -4.49. The second-order valence-corrected chi connectivity index (χ2v) is 17.1. The van der Waals surface area contributed by atoms with Gasteiger partial charge in [-0.05, 0) is 50.0 Å². The number of rotatable bonds is 16. The highest BCUT2D eigenvalue weighted by Gasteiger charge is 2.39. The molecular weight excluding hydrogens is 753 g/mol. The first-order chi connectivity index (χ1) is 27.9. The van der Waals surface area contributed by atoms with Crippen LogP contribution in [0.15, 0.2) is 30.3 Å². The first kappa shape index (κ1) is 50.7. The third-order valence-electron chi connectivity index (χ3n) is 11.1. The summed E-state index contributed by atoms with van der Waals surface area (Å²) in [5, 5.41) is 8.63. The fourth-order valence-electron chi connectivity index (χ4n) is 7.31. The molecule has 0 aliphatic carbocycles. The topological polar surface area (TPSA) is 175 Å². The van der Waals surface area contributed by atoms with Gasteiger partial charge in [-0.3, -0.25) is 28.8 Å². The molecular formula is C45H74N6O8. The number of cyclic esters (lactones) is 1. The monoisotopic (exact) mass is 827 g/mol. The van der Waals surface area contributed by atoms with Crippen LogP contribution in [-0.2, 0) is 44.7 Å². The maximum atomic E-state index is 14.6. The second-order valence-electron chi connectivity index (χ2n) is 17.1. The number of nitrogens with zero attached hydrogens (tertiary/aromatic N) is 3. The van der Waals surface area contributed by atoms with Crippen LogP contribution in [0.1, 0.15) is 131 Å². The second kappa shape index (κ2) is 25.9. The lowest BCUT2D eigenvalue weighted by atomic mass is 9.97. The predicted octanol–water partition coefficient (Wildman–Crippen LogP) is 4.77. The summed E-state index contributed by atoms with van der Waals surface area (Å²) in [6.45, 7) is 12.7. The Labute approximate surface area is 353 Å². The van der Waals surface area contributed by atoms with Crippen LogP contribution in [0.2, 0.25) is 0 Å². The molecule has 14 nitrogen and oxygen atoms in total. The van der Waals surface area contributed by atoms with Crippen molar-refractivity contribution in [2.24, 2.45) is 11.8 Å². The van der Waals surface area contributed by atoms with Crippen molar-refractivity contribution in [3.63, 3.8) is 0 Å². The number of carbonyl (C=O) groups is 7. The molecule has 59 heavy (non-hydrogen) atoms. The van der Waals surface area contributed by atoms with E-state index in [2.05, 4.69) is 29.8 Å². The molecule has 1 aromatic carbocycles. The molecule has 0 saturated carbocycles. The molecule has 1 aliphatic rings. The molecule has 2 rings (SSSR count). The van der Waals surface area contributed by atoms with E-state index in [0.29, 0.717) is 25.7 Å². The van der Waals surface area contributed by atoms with Crippen molar-refractivity contribution in [2.45, 2.75) is 168 Å². The van der Waals surface area contributed by atoms with Gasteiger partial charge in [0, 0.05) is 27.6 Å². The van der Waals surface area contributed by atoms with Crippen LogP contribution in [0.3, 0.4) is 0 Å². The van der Waals surface area contributed by atoms with E-state index in [4.69, 9.17) is 4.74 Å². The fourth-order valence-corrected chi connectivity index (χ4v) is 7.31. The van der Waals surface area contributed by atoms with E-state index in [1.165, 1.54) is 42.8 Å². The van der Waals surface area contributed by atoms with E-state index in [9.17, 15) is 33.6 Å². The molecule has 0 radical (unpaired) electrons. The highest BCUT2D eigenvalue weighted by molar-refractivity contribution is 5.97. The van der Waals surface area contributed by atoms with Crippen LogP contribution < -0.4 is 16.0 Å². The molecule has 1 fully saturated rings. The highest BCUT2D eigenvalue weighted by Crippen LogP contribution is 2.19. The molecule has 1 aromatic rings. The van der Waals surface area contributed by atoms with Gasteiger partial charge in [0.2, 0.25) is 29.5 Å².